The smallest absolute Gasteiger partial charge is 0.319 e. The number of hydrogen-bond acceptors (Lipinski definition) is 2. The molecule has 1 aromatic heterocycles. The van der Waals surface area contributed by atoms with E-state index in [2.05, 4.69) is 27.9 Å². The number of fused-ring (bicyclic) bond motifs is 1. The minimum absolute atomic E-state index is 0.104. The highest BCUT2D eigenvalue weighted by atomic mass is 16.2. The van der Waals surface area contributed by atoms with E-state index in [4.69, 9.17) is 0 Å². The molecule has 5 nitrogen and oxygen atoms in total. The summed E-state index contributed by atoms with van der Waals surface area (Å²) in [6.07, 6.45) is 5.46. The number of rotatable bonds is 3. The lowest BCUT2D eigenvalue weighted by molar-refractivity contribution is 0.248. The summed E-state index contributed by atoms with van der Waals surface area (Å²) in [6.45, 7) is 2.80. The van der Waals surface area contributed by atoms with Crippen LogP contribution >= 0.6 is 0 Å². The maximum absolute atomic E-state index is 12.0. The lowest BCUT2D eigenvalue weighted by Gasteiger charge is -2.14. The van der Waals surface area contributed by atoms with E-state index in [1.165, 1.54) is 11.1 Å². The van der Waals surface area contributed by atoms with Crippen LogP contribution in [0.3, 0.4) is 0 Å². The summed E-state index contributed by atoms with van der Waals surface area (Å²) in [5.74, 6) is 0. The molecule has 0 aliphatic heterocycles. The molecule has 1 aliphatic carbocycles. The zero-order valence-electron chi connectivity index (χ0n) is 11.5. The Hall–Kier alpha value is -2.30. The Morgan fingerprint density at radius 2 is 2.30 bits per heavy atom. The van der Waals surface area contributed by atoms with Crippen molar-refractivity contribution >= 4 is 11.7 Å². The number of carbonyl (C=O) groups excluding carboxylic acids is 1. The van der Waals surface area contributed by atoms with E-state index in [-0.39, 0.29) is 12.1 Å². The standard InChI is InChI=1S/C15H18N4O/c1-2-19-10-12(9-16-19)17-15(20)18-14-8-7-11-5-3-4-6-13(11)14/h3-6,9-10,14H,2,7-8H2,1H3,(H2,17,18,20)/t14-/m0/s1. The molecule has 0 spiro atoms. The van der Waals surface area contributed by atoms with Gasteiger partial charge >= 0.3 is 6.03 Å². The van der Waals surface area contributed by atoms with Crippen molar-refractivity contribution in [1.29, 1.82) is 0 Å². The van der Waals surface area contributed by atoms with Crippen LogP contribution in [0, 0.1) is 0 Å². The summed E-state index contributed by atoms with van der Waals surface area (Å²) in [7, 11) is 0. The molecule has 0 fully saturated rings. The fourth-order valence-corrected chi connectivity index (χ4v) is 2.63. The van der Waals surface area contributed by atoms with E-state index in [1.807, 2.05) is 25.3 Å². The maximum Gasteiger partial charge on any atom is 0.319 e. The molecule has 1 aliphatic rings. The average Bonchev–Trinajstić information content (AvgIpc) is 3.06. The summed E-state index contributed by atoms with van der Waals surface area (Å²) in [6, 6.07) is 8.19. The van der Waals surface area contributed by atoms with E-state index < -0.39 is 0 Å². The van der Waals surface area contributed by atoms with Gasteiger partial charge in [-0.3, -0.25) is 4.68 Å². The van der Waals surface area contributed by atoms with Crippen molar-refractivity contribution in [2.45, 2.75) is 32.4 Å². The van der Waals surface area contributed by atoms with Gasteiger partial charge in [-0.1, -0.05) is 24.3 Å². The van der Waals surface area contributed by atoms with Gasteiger partial charge in [-0.2, -0.15) is 5.10 Å². The van der Waals surface area contributed by atoms with Gasteiger partial charge in [-0.15, -0.1) is 0 Å². The number of nitrogens with one attached hydrogen (secondary N) is 2. The van der Waals surface area contributed by atoms with Gasteiger partial charge in [0.05, 0.1) is 17.9 Å². The molecule has 2 aromatic rings. The summed E-state index contributed by atoms with van der Waals surface area (Å²) >= 11 is 0. The second-order valence-corrected chi connectivity index (χ2v) is 4.97. The number of aromatic nitrogens is 2. The van der Waals surface area contributed by atoms with Crippen molar-refractivity contribution in [2.24, 2.45) is 0 Å². The van der Waals surface area contributed by atoms with E-state index in [0.29, 0.717) is 0 Å². The van der Waals surface area contributed by atoms with Crippen molar-refractivity contribution < 1.29 is 4.79 Å². The minimum Gasteiger partial charge on any atom is -0.331 e. The first-order valence-corrected chi connectivity index (χ1v) is 6.94. The number of benzene rings is 1. The summed E-state index contributed by atoms with van der Waals surface area (Å²) in [4.78, 5) is 12.0. The molecule has 104 valence electrons. The monoisotopic (exact) mass is 270 g/mol. The van der Waals surface area contributed by atoms with Crippen LogP contribution in [0.25, 0.3) is 0 Å². The van der Waals surface area contributed by atoms with E-state index in [1.54, 1.807) is 10.9 Å². The highest BCUT2D eigenvalue weighted by molar-refractivity contribution is 5.89. The van der Waals surface area contributed by atoms with Crippen LogP contribution in [0.1, 0.15) is 30.5 Å². The summed E-state index contributed by atoms with van der Waals surface area (Å²) in [5.41, 5.74) is 3.28. The number of amides is 2. The zero-order valence-corrected chi connectivity index (χ0v) is 11.5. The Kier molecular flexibility index (Phi) is 3.41. The zero-order chi connectivity index (χ0) is 13.9. The quantitative estimate of drug-likeness (QED) is 0.901. The summed E-state index contributed by atoms with van der Waals surface area (Å²) < 4.78 is 1.78. The lowest BCUT2D eigenvalue weighted by atomic mass is 10.1. The SMILES string of the molecule is CCn1cc(NC(=O)N[C@H]2CCc3ccccc32)cn1. The second kappa shape index (κ2) is 5.36. The van der Waals surface area contributed by atoms with Gasteiger partial charge in [-0.25, -0.2) is 4.79 Å². The molecule has 1 heterocycles. The molecule has 3 rings (SSSR count). The first kappa shape index (κ1) is 12.7. The first-order valence-electron chi connectivity index (χ1n) is 6.94. The van der Waals surface area contributed by atoms with E-state index >= 15 is 0 Å². The van der Waals surface area contributed by atoms with Crippen molar-refractivity contribution in [1.82, 2.24) is 15.1 Å². The van der Waals surface area contributed by atoms with Gasteiger partial charge in [0.2, 0.25) is 0 Å². The Balaban J connectivity index is 1.62. The highest BCUT2D eigenvalue weighted by Gasteiger charge is 2.23. The number of anilines is 1. The average molecular weight is 270 g/mol. The maximum atomic E-state index is 12.0. The predicted molar refractivity (Wildman–Crippen MR) is 77.6 cm³/mol. The van der Waals surface area contributed by atoms with Crippen LogP contribution in [-0.2, 0) is 13.0 Å². The predicted octanol–water partition coefficient (Wildman–Crippen LogP) is 2.71. The molecule has 1 atom stereocenters. The number of carbonyl (C=O) groups is 1. The van der Waals surface area contributed by atoms with Gasteiger partial charge in [0.25, 0.3) is 0 Å². The molecule has 2 amide bonds. The molecule has 20 heavy (non-hydrogen) atoms. The van der Waals surface area contributed by atoms with E-state index in [0.717, 1.165) is 25.1 Å². The van der Waals surface area contributed by atoms with Crippen molar-refractivity contribution in [2.75, 3.05) is 5.32 Å². The third kappa shape index (κ3) is 2.52. The number of nitrogens with zero attached hydrogens (tertiary/aromatic N) is 2. The molecule has 0 saturated carbocycles. The van der Waals surface area contributed by atoms with Crippen LogP contribution in [0.15, 0.2) is 36.7 Å². The fourth-order valence-electron chi connectivity index (χ4n) is 2.63. The van der Waals surface area contributed by atoms with Crippen LogP contribution < -0.4 is 10.6 Å². The molecular formula is C15H18N4O. The lowest BCUT2D eigenvalue weighted by Crippen LogP contribution is -2.31. The fraction of sp³-hybridized carbons (Fsp3) is 0.333. The number of aryl methyl sites for hydroxylation is 2. The third-order valence-electron chi connectivity index (χ3n) is 3.65. The van der Waals surface area contributed by atoms with Gasteiger partial charge in [-0.05, 0) is 30.9 Å². The molecule has 1 aromatic carbocycles. The third-order valence-corrected chi connectivity index (χ3v) is 3.65. The first-order chi connectivity index (χ1) is 9.76. The summed E-state index contributed by atoms with van der Waals surface area (Å²) in [5, 5.41) is 9.97. The number of hydrogen-bond donors (Lipinski definition) is 2. The molecule has 5 heteroatoms. The number of urea groups is 1. The van der Waals surface area contributed by atoms with Crippen molar-refractivity contribution in [3.63, 3.8) is 0 Å². The Bertz CT molecular complexity index is 620. The topological polar surface area (TPSA) is 59.0 Å². The molecule has 0 radical (unpaired) electrons. The van der Waals surface area contributed by atoms with Gasteiger partial charge < -0.3 is 10.6 Å². The highest BCUT2D eigenvalue weighted by Crippen LogP contribution is 2.30. The van der Waals surface area contributed by atoms with Gasteiger partial charge in [0, 0.05) is 12.7 Å². The van der Waals surface area contributed by atoms with Gasteiger partial charge in [0.15, 0.2) is 0 Å². The van der Waals surface area contributed by atoms with Crippen LogP contribution in [-0.4, -0.2) is 15.8 Å². The molecule has 0 bridgehead atoms. The van der Waals surface area contributed by atoms with E-state index in [9.17, 15) is 4.79 Å². The van der Waals surface area contributed by atoms with Crippen LogP contribution in [0.2, 0.25) is 0 Å². The van der Waals surface area contributed by atoms with Gasteiger partial charge in [0.1, 0.15) is 0 Å². The van der Waals surface area contributed by atoms with Crippen molar-refractivity contribution in [3.8, 4) is 0 Å². The minimum atomic E-state index is -0.178. The molecule has 0 saturated heterocycles. The Labute approximate surface area is 118 Å². The Morgan fingerprint density at radius 3 is 3.10 bits per heavy atom. The molecule has 2 N–H and O–H groups in total. The van der Waals surface area contributed by atoms with Crippen LogP contribution in [0.5, 0.6) is 0 Å². The second-order valence-electron chi connectivity index (χ2n) is 4.97. The largest absolute Gasteiger partial charge is 0.331 e. The molecular weight excluding hydrogens is 252 g/mol. The molecule has 0 unspecified atom stereocenters. The normalized spacial score (nSPS) is 16.8. The van der Waals surface area contributed by atoms with Crippen molar-refractivity contribution in [3.05, 3.63) is 47.8 Å². The Morgan fingerprint density at radius 1 is 1.45 bits per heavy atom. The van der Waals surface area contributed by atoms with Crippen LogP contribution in [0.4, 0.5) is 10.5 Å².